The Morgan fingerprint density at radius 3 is 2.92 bits per heavy atom. The molecule has 0 bridgehead atoms. The molecule has 1 aliphatic heterocycles. The van der Waals surface area contributed by atoms with Crippen molar-refractivity contribution in [2.24, 2.45) is 0 Å². The molecule has 0 spiro atoms. The van der Waals surface area contributed by atoms with E-state index in [4.69, 9.17) is 4.74 Å². The lowest BCUT2D eigenvalue weighted by atomic mass is 10.2. The van der Waals surface area contributed by atoms with Gasteiger partial charge in [0.25, 0.3) is 0 Å². The number of anilines is 1. The molecule has 1 aliphatic rings. The average molecular weight is 347 g/mol. The lowest BCUT2D eigenvalue weighted by molar-refractivity contribution is -0.119. The summed E-state index contributed by atoms with van der Waals surface area (Å²) in [6, 6.07) is 0. The lowest BCUT2D eigenvalue weighted by Gasteiger charge is -2.30. The van der Waals surface area contributed by atoms with E-state index in [0.717, 1.165) is 35.7 Å². The summed E-state index contributed by atoms with van der Waals surface area (Å²) >= 11 is 0. The molecule has 9 nitrogen and oxygen atoms in total. The minimum absolute atomic E-state index is 0.0603. The number of amides is 1. The molecule has 3 heterocycles. The van der Waals surface area contributed by atoms with Gasteiger partial charge in [-0.1, -0.05) is 6.92 Å². The van der Waals surface area contributed by atoms with Gasteiger partial charge in [0.15, 0.2) is 5.82 Å². The van der Waals surface area contributed by atoms with Crippen molar-refractivity contribution < 1.29 is 9.53 Å². The third-order valence-corrected chi connectivity index (χ3v) is 4.23. The van der Waals surface area contributed by atoms with Crippen LogP contribution in [0.4, 0.5) is 5.69 Å². The van der Waals surface area contributed by atoms with Crippen molar-refractivity contribution in [3.05, 3.63) is 23.0 Å². The standard InChI is InChI=1S/C16H25N7O2/c1-4-5-13-17-16(22-21-13)12-8-23(6-7-25-12)9-14(24)18-15-10(2)19-20-11(15)3/h12H,4-9H2,1-3H3,(H,18,24)(H,19,20)(H,17,21,22). The van der Waals surface area contributed by atoms with Crippen LogP contribution in [0.5, 0.6) is 0 Å². The van der Waals surface area contributed by atoms with Crippen LogP contribution in [-0.4, -0.2) is 62.4 Å². The molecule has 3 rings (SSSR count). The Kier molecular flexibility index (Phi) is 5.44. The number of H-pyrrole nitrogens is 2. The van der Waals surface area contributed by atoms with E-state index in [1.165, 1.54) is 0 Å². The van der Waals surface area contributed by atoms with E-state index in [1.807, 2.05) is 13.8 Å². The maximum atomic E-state index is 12.3. The van der Waals surface area contributed by atoms with Gasteiger partial charge in [0, 0.05) is 19.5 Å². The Balaban J connectivity index is 1.56. The summed E-state index contributed by atoms with van der Waals surface area (Å²) in [5.74, 6) is 1.48. The molecule has 3 N–H and O–H groups in total. The highest BCUT2D eigenvalue weighted by Crippen LogP contribution is 2.20. The summed E-state index contributed by atoms with van der Waals surface area (Å²) in [6.07, 6.45) is 1.68. The number of ether oxygens (including phenoxy) is 1. The molecule has 1 atom stereocenters. The fourth-order valence-electron chi connectivity index (χ4n) is 2.92. The molecule has 25 heavy (non-hydrogen) atoms. The summed E-state index contributed by atoms with van der Waals surface area (Å²) in [4.78, 5) is 18.9. The highest BCUT2D eigenvalue weighted by Gasteiger charge is 2.26. The van der Waals surface area contributed by atoms with Crippen LogP contribution in [0.3, 0.4) is 0 Å². The second-order valence-electron chi connectivity index (χ2n) is 6.34. The van der Waals surface area contributed by atoms with Gasteiger partial charge in [-0.25, -0.2) is 4.98 Å². The Labute approximate surface area is 146 Å². The van der Waals surface area contributed by atoms with E-state index in [0.29, 0.717) is 32.1 Å². The van der Waals surface area contributed by atoms with Gasteiger partial charge in [-0.05, 0) is 20.3 Å². The van der Waals surface area contributed by atoms with Crippen LogP contribution in [-0.2, 0) is 16.0 Å². The first-order valence-corrected chi connectivity index (χ1v) is 8.63. The lowest BCUT2D eigenvalue weighted by Crippen LogP contribution is -2.42. The first kappa shape index (κ1) is 17.6. The monoisotopic (exact) mass is 347 g/mol. The van der Waals surface area contributed by atoms with Crippen molar-refractivity contribution in [3.63, 3.8) is 0 Å². The van der Waals surface area contributed by atoms with Crippen LogP contribution >= 0.6 is 0 Å². The Bertz CT molecular complexity index is 704. The third-order valence-electron chi connectivity index (χ3n) is 4.23. The van der Waals surface area contributed by atoms with Crippen molar-refractivity contribution in [1.82, 2.24) is 30.3 Å². The third kappa shape index (κ3) is 4.23. The Hall–Kier alpha value is -2.26. The minimum atomic E-state index is -0.208. The highest BCUT2D eigenvalue weighted by atomic mass is 16.5. The molecule has 9 heteroatoms. The number of nitrogens with one attached hydrogen (secondary N) is 3. The maximum Gasteiger partial charge on any atom is 0.238 e. The molecule has 0 aromatic carbocycles. The zero-order valence-electron chi connectivity index (χ0n) is 14.9. The summed E-state index contributed by atoms with van der Waals surface area (Å²) in [5, 5.41) is 17.1. The SMILES string of the molecule is CCCc1nc(C2CN(CC(=O)Nc3c(C)n[nH]c3C)CCO2)n[nH]1. The molecular weight excluding hydrogens is 322 g/mol. The van der Waals surface area contributed by atoms with Crippen LogP contribution in [0.2, 0.25) is 0 Å². The number of hydrogen-bond acceptors (Lipinski definition) is 6. The first-order valence-electron chi connectivity index (χ1n) is 8.63. The molecule has 1 saturated heterocycles. The van der Waals surface area contributed by atoms with Crippen molar-refractivity contribution in [1.29, 1.82) is 0 Å². The van der Waals surface area contributed by atoms with Crippen LogP contribution in [0.1, 0.15) is 42.5 Å². The quantitative estimate of drug-likeness (QED) is 0.722. The molecule has 2 aromatic heterocycles. The van der Waals surface area contributed by atoms with Gasteiger partial charge >= 0.3 is 0 Å². The zero-order chi connectivity index (χ0) is 17.8. The van der Waals surface area contributed by atoms with E-state index in [9.17, 15) is 4.79 Å². The molecule has 0 radical (unpaired) electrons. The number of aromatic amines is 2. The molecule has 136 valence electrons. The number of carbonyl (C=O) groups is 1. The maximum absolute atomic E-state index is 12.3. The fraction of sp³-hybridized carbons (Fsp3) is 0.625. The molecule has 0 saturated carbocycles. The second kappa shape index (κ2) is 7.75. The van der Waals surface area contributed by atoms with E-state index in [-0.39, 0.29) is 12.0 Å². The van der Waals surface area contributed by atoms with E-state index in [1.54, 1.807) is 0 Å². The van der Waals surface area contributed by atoms with Gasteiger partial charge in [-0.3, -0.25) is 19.9 Å². The van der Waals surface area contributed by atoms with Gasteiger partial charge in [0.1, 0.15) is 11.9 Å². The number of aryl methyl sites for hydroxylation is 3. The van der Waals surface area contributed by atoms with Gasteiger partial charge < -0.3 is 10.1 Å². The van der Waals surface area contributed by atoms with Crippen LogP contribution in [0, 0.1) is 13.8 Å². The predicted molar refractivity (Wildman–Crippen MR) is 92.2 cm³/mol. The summed E-state index contributed by atoms with van der Waals surface area (Å²) in [5.41, 5.74) is 2.40. The van der Waals surface area contributed by atoms with Gasteiger partial charge in [0.2, 0.25) is 5.91 Å². The molecule has 2 aromatic rings. The van der Waals surface area contributed by atoms with Crippen LogP contribution in [0.25, 0.3) is 0 Å². The summed E-state index contributed by atoms with van der Waals surface area (Å²) in [7, 11) is 0. The topological polar surface area (TPSA) is 112 Å². The van der Waals surface area contributed by atoms with Crippen LogP contribution in [0.15, 0.2) is 0 Å². The van der Waals surface area contributed by atoms with Crippen molar-refractivity contribution in [2.45, 2.75) is 39.7 Å². The second-order valence-corrected chi connectivity index (χ2v) is 6.34. The average Bonchev–Trinajstić information content (AvgIpc) is 3.18. The molecule has 0 aliphatic carbocycles. The zero-order valence-corrected chi connectivity index (χ0v) is 14.9. The Morgan fingerprint density at radius 1 is 1.36 bits per heavy atom. The van der Waals surface area contributed by atoms with Crippen molar-refractivity contribution in [2.75, 3.05) is 31.6 Å². The number of nitrogens with zero attached hydrogens (tertiary/aromatic N) is 4. The van der Waals surface area contributed by atoms with Crippen LogP contribution < -0.4 is 5.32 Å². The van der Waals surface area contributed by atoms with Gasteiger partial charge in [-0.15, -0.1) is 0 Å². The van der Waals surface area contributed by atoms with E-state index in [2.05, 4.69) is 42.5 Å². The molecular formula is C16H25N7O2. The molecule has 1 amide bonds. The number of rotatable bonds is 6. The summed E-state index contributed by atoms with van der Waals surface area (Å²) in [6.45, 7) is 8.01. The largest absolute Gasteiger partial charge is 0.367 e. The number of hydrogen-bond donors (Lipinski definition) is 3. The van der Waals surface area contributed by atoms with Crippen molar-refractivity contribution >= 4 is 11.6 Å². The summed E-state index contributed by atoms with van der Waals surface area (Å²) < 4.78 is 5.78. The number of morpholine rings is 1. The predicted octanol–water partition coefficient (Wildman–Crippen LogP) is 1.11. The van der Waals surface area contributed by atoms with Gasteiger partial charge in [-0.2, -0.15) is 10.2 Å². The smallest absolute Gasteiger partial charge is 0.238 e. The molecule has 1 unspecified atom stereocenters. The van der Waals surface area contributed by atoms with E-state index < -0.39 is 0 Å². The minimum Gasteiger partial charge on any atom is -0.367 e. The molecule has 1 fully saturated rings. The first-order chi connectivity index (χ1) is 12.1. The van der Waals surface area contributed by atoms with Gasteiger partial charge in [0.05, 0.1) is 30.2 Å². The Morgan fingerprint density at radius 2 is 2.20 bits per heavy atom. The number of aromatic nitrogens is 5. The normalized spacial score (nSPS) is 18.4. The van der Waals surface area contributed by atoms with E-state index >= 15 is 0 Å². The highest BCUT2D eigenvalue weighted by molar-refractivity contribution is 5.93. The fourth-order valence-corrected chi connectivity index (χ4v) is 2.92. The number of carbonyl (C=O) groups excluding carboxylic acids is 1. The van der Waals surface area contributed by atoms with Crippen molar-refractivity contribution in [3.8, 4) is 0 Å².